The van der Waals surface area contributed by atoms with Crippen LogP contribution in [0.3, 0.4) is 0 Å². The molecule has 610 valence electrons. The number of aliphatic carboxylic acids is 1. The van der Waals surface area contributed by atoms with Crippen molar-refractivity contribution in [2.24, 2.45) is 45.9 Å². The van der Waals surface area contributed by atoms with E-state index in [0.717, 1.165) is 0 Å². The summed E-state index contributed by atoms with van der Waals surface area (Å²) in [4.78, 5) is 192. The van der Waals surface area contributed by atoms with E-state index in [1.807, 2.05) is 0 Å². The number of rotatable bonds is 52. The van der Waals surface area contributed by atoms with Crippen LogP contribution in [0.1, 0.15) is 103 Å². The number of aromatic hydroxyl groups is 2. The molecule has 0 saturated carbocycles. The fraction of sp³-hybridized carbons (Fsp3) is 0.591. The molecule has 0 bridgehead atoms. The van der Waals surface area contributed by atoms with E-state index in [1.54, 1.807) is 0 Å². The Hall–Kier alpha value is -9.73. The maximum atomic E-state index is 14.3. The Morgan fingerprint density at radius 3 is 1.14 bits per heavy atom. The SMILES string of the molecule is C[C@@H](O)[C@H](N)C(=O)N[C@@H](Cc1ccc(O)cc1)C(=O)N[C@H](C(=O)N[C@@H](CC(N)=O)C(=O)N[C@@H](CCCNC(=N)N)C(=O)N[C@@H](CCN)C(=O)N[C@@H](CO)C(=O)N[C@H](CCN)C(=O)N[C@@H](CCCCN)C(=O)N[C@@H](CS)C(=O)N[C@@H](CCN)C(=O)N[C@@H](CCCN)C(=O)N[C@@H](Cc1ccc(O)cc1)C(=O)O)C(C)(C)S. The molecule has 0 fully saturated rings. The lowest BCUT2D eigenvalue weighted by Gasteiger charge is -2.33. The molecule has 0 spiro atoms. The zero-order valence-corrected chi connectivity index (χ0v) is 62.8. The van der Waals surface area contributed by atoms with Crippen molar-refractivity contribution in [3.05, 3.63) is 59.7 Å². The number of hydrogen-bond acceptors (Lipinski definition) is 27. The molecule has 14 atom stereocenters. The number of hydrogen-bond donors (Lipinski definition) is 29. The summed E-state index contributed by atoms with van der Waals surface area (Å²) >= 11 is 8.75. The summed E-state index contributed by atoms with van der Waals surface area (Å²) in [6, 6.07) is -9.52. The molecule has 0 radical (unpaired) electrons. The van der Waals surface area contributed by atoms with Crippen molar-refractivity contribution in [2.45, 2.75) is 194 Å². The molecule has 2 aromatic rings. The summed E-state index contributed by atoms with van der Waals surface area (Å²) in [7, 11) is 0. The lowest BCUT2D eigenvalue weighted by molar-refractivity contribution is -0.142. The van der Waals surface area contributed by atoms with Gasteiger partial charge in [-0.2, -0.15) is 25.3 Å². The highest BCUT2D eigenvalue weighted by molar-refractivity contribution is 7.81. The maximum Gasteiger partial charge on any atom is 0.326 e. The Morgan fingerprint density at radius 2 is 0.771 bits per heavy atom. The molecule has 0 aliphatic carbocycles. The van der Waals surface area contributed by atoms with Gasteiger partial charge >= 0.3 is 5.97 Å². The molecule has 0 unspecified atom stereocenters. The van der Waals surface area contributed by atoms with Crippen molar-refractivity contribution in [1.82, 2.24) is 69.1 Å². The molecule has 109 heavy (non-hydrogen) atoms. The van der Waals surface area contributed by atoms with E-state index in [4.69, 9.17) is 51.3 Å². The van der Waals surface area contributed by atoms with E-state index in [9.17, 15) is 92.7 Å². The minimum Gasteiger partial charge on any atom is -0.508 e. The number of aliphatic hydroxyl groups excluding tert-OH is 2. The van der Waals surface area contributed by atoms with E-state index in [0.29, 0.717) is 17.5 Å². The van der Waals surface area contributed by atoms with Crippen LogP contribution in [0.2, 0.25) is 0 Å². The highest BCUT2D eigenvalue weighted by Crippen LogP contribution is 2.20. The summed E-state index contributed by atoms with van der Waals surface area (Å²) in [6.07, 6.45) is -3.36. The van der Waals surface area contributed by atoms with Gasteiger partial charge in [0.25, 0.3) is 0 Å². The summed E-state index contributed by atoms with van der Waals surface area (Å²) in [6.45, 7) is 2.29. The van der Waals surface area contributed by atoms with Gasteiger partial charge < -0.3 is 141 Å². The molecular formula is C66H110N22O19S2. The first-order chi connectivity index (χ1) is 51.4. The smallest absolute Gasteiger partial charge is 0.326 e. The van der Waals surface area contributed by atoms with Gasteiger partial charge in [-0.05, 0) is 153 Å². The fourth-order valence-electron chi connectivity index (χ4n) is 10.4. The predicted octanol–water partition coefficient (Wildman–Crippen LogP) is -9.82. The number of nitrogens with one attached hydrogen (secondary N) is 14. The second-order valence-electron chi connectivity index (χ2n) is 26.1. The van der Waals surface area contributed by atoms with E-state index >= 15 is 0 Å². The molecule has 2 rings (SSSR count). The average molecular weight is 1580 g/mol. The van der Waals surface area contributed by atoms with Crippen LogP contribution >= 0.6 is 25.3 Å². The van der Waals surface area contributed by atoms with Crippen LogP contribution in [-0.2, 0) is 80.0 Å². The van der Waals surface area contributed by atoms with Crippen LogP contribution in [-0.4, -0.2) is 255 Å². The van der Waals surface area contributed by atoms with Gasteiger partial charge in [-0.3, -0.25) is 67.7 Å². The highest BCUT2D eigenvalue weighted by atomic mass is 32.1. The number of guanidine groups is 1. The van der Waals surface area contributed by atoms with Gasteiger partial charge in [0.15, 0.2) is 5.96 Å². The number of benzene rings is 2. The summed E-state index contributed by atoms with van der Waals surface area (Å²) in [5.41, 5.74) is 46.7. The highest BCUT2D eigenvalue weighted by Gasteiger charge is 2.41. The zero-order valence-electron chi connectivity index (χ0n) is 61.0. The quantitative estimate of drug-likeness (QED) is 0.0127. The van der Waals surface area contributed by atoms with Crippen molar-refractivity contribution >= 4 is 114 Å². The predicted molar refractivity (Wildman–Crippen MR) is 403 cm³/mol. The standard InChI is InChI=1S/C66H110N22O19S2/c1-33(90)50(73)62(104)83-44(28-34-11-15-36(91)16-12-34)59(101)88-51(66(2,3)109)63(105)84-45(30-49(72)93)58(100)79-40(10-7-27-76-65(74)75)52(94)80-43(21-26-71)57(99)86-47(31-89)60(102)81-41(19-24-69)55(97)77-38(8-4-5-22-67)54(96)87-48(32-108)61(103)82-42(20-25-70)56(98)78-39(9-6-23-68)53(95)85-46(64(106)107)29-35-13-17-37(92)18-14-35/h11-18,33,38-48,50-51,89-92,108-109H,4-10,19-32,67-71,73H2,1-3H3,(H2,72,93)(H,77,97)(H,78,98)(H,79,100)(H,80,94)(H,81,102)(H,82,103)(H,83,104)(H,84,105)(H,85,95)(H,86,99)(H,87,96)(H,88,101)(H,106,107)(H4,74,75,76)/t33-,38+,39+,40+,41-,42+,43+,44+,45+,46+,47+,48+,50+,51-/m1/s1. The van der Waals surface area contributed by atoms with Gasteiger partial charge in [-0.15, -0.1) is 0 Å². The van der Waals surface area contributed by atoms with Crippen LogP contribution < -0.4 is 115 Å². The Labute approximate surface area is 640 Å². The molecule has 0 aromatic heterocycles. The number of carboxylic acid groups (broad SMARTS) is 1. The van der Waals surface area contributed by atoms with Gasteiger partial charge in [0.1, 0.15) is 90.0 Å². The number of carbonyl (C=O) groups excluding carboxylic acids is 13. The first kappa shape index (κ1) is 95.3. The molecule has 35 N–H and O–H groups in total. The van der Waals surface area contributed by atoms with Gasteiger partial charge in [0.05, 0.1) is 19.1 Å². The van der Waals surface area contributed by atoms with Crippen molar-refractivity contribution in [2.75, 3.05) is 51.6 Å². The summed E-state index contributed by atoms with van der Waals surface area (Å²) in [5, 5.41) is 89.3. The molecule has 0 saturated heterocycles. The number of amides is 13. The van der Waals surface area contributed by atoms with Crippen molar-refractivity contribution in [3.63, 3.8) is 0 Å². The number of thiol groups is 2. The van der Waals surface area contributed by atoms with E-state index in [2.05, 4.69) is 94.4 Å². The number of aliphatic hydroxyl groups is 2. The first-order valence-electron chi connectivity index (χ1n) is 35.1. The molecular weight excluding hydrogens is 1470 g/mol. The normalized spacial score (nSPS) is 15.1. The Balaban J connectivity index is 2.39. The molecule has 13 amide bonds. The molecule has 0 aliphatic rings. The molecule has 0 aliphatic heterocycles. The lowest BCUT2D eigenvalue weighted by atomic mass is 9.99. The van der Waals surface area contributed by atoms with Crippen LogP contribution in [0.5, 0.6) is 11.5 Å². The largest absolute Gasteiger partial charge is 0.508 e. The van der Waals surface area contributed by atoms with Gasteiger partial charge in [-0.25, -0.2) is 4.79 Å². The summed E-state index contributed by atoms with van der Waals surface area (Å²) in [5.74, 6) is -16.1. The number of unbranched alkanes of at least 4 members (excludes halogenated alkanes) is 1. The van der Waals surface area contributed by atoms with Crippen LogP contribution in [0, 0.1) is 5.41 Å². The van der Waals surface area contributed by atoms with Gasteiger partial charge in [0, 0.05) is 29.9 Å². The Kier molecular flexibility index (Phi) is 43.2. The maximum absolute atomic E-state index is 14.3. The van der Waals surface area contributed by atoms with Gasteiger partial charge in [0.2, 0.25) is 76.8 Å². The molecule has 43 heteroatoms. The van der Waals surface area contributed by atoms with Crippen molar-refractivity contribution in [3.8, 4) is 11.5 Å². The molecule has 2 aromatic carbocycles. The number of carboxylic acids is 1. The average Bonchev–Trinajstić information content (AvgIpc) is 0.831. The fourth-order valence-corrected chi connectivity index (χ4v) is 10.8. The zero-order chi connectivity index (χ0) is 82.3. The molecule has 41 nitrogen and oxygen atoms in total. The number of phenols is 2. The third kappa shape index (κ3) is 35.0. The second kappa shape index (κ2) is 49.3. The topological polar surface area (TPSA) is 729 Å². The van der Waals surface area contributed by atoms with E-state index in [-0.39, 0.29) is 121 Å². The van der Waals surface area contributed by atoms with Crippen LogP contribution in [0.15, 0.2) is 48.5 Å². The third-order valence-corrected chi connectivity index (χ3v) is 17.2. The van der Waals surface area contributed by atoms with Crippen molar-refractivity contribution < 1.29 is 92.7 Å². The minimum absolute atomic E-state index is 0.0328. The lowest BCUT2D eigenvalue weighted by Crippen LogP contribution is -2.63. The van der Waals surface area contributed by atoms with E-state index in [1.165, 1.54) is 69.3 Å². The number of nitrogens with two attached hydrogens (primary N) is 8. The first-order valence-corrected chi connectivity index (χ1v) is 36.1. The minimum atomic E-state index is -1.90. The Bertz CT molecular complexity index is 3360. The number of carbonyl (C=O) groups is 14. The number of primary amides is 1. The van der Waals surface area contributed by atoms with Crippen LogP contribution in [0.25, 0.3) is 0 Å². The second-order valence-corrected chi connectivity index (χ2v) is 27.6. The third-order valence-electron chi connectivity index (χ3n) is 16.5. The van der Waals surface area contributed by atoms with Gasteiger partial charge in [-0.1, -0.05) is 24.3 Å². The number of phenolic OH excluding ortho intramolecular Hbond substituents is 2. The van der Waals surface area contributed by atoms with Crippen molar-refractivity contribution in [1.29, 1.82) is 5.41 Å². The van der Waals surface area contributed by atoms with E-state index < -0.39 is 197 Å². The summed E-state index contributed by atoms with van der Waals surface area (Å²) < 4.78 is -1.50. The molecule has 0 heterocycles. The Morgan fingerprint density at radius 1 is 0.440 bits per heavy atom. The van der Waals surface area contributed by atoms with Crippen LogP contribution in [0.4, 0.5) is 0 Å². The monoisotopic (exact) mass is 1580 g/mol.